The Morgan fingerprint density at radius 2 is 1.94 bits per heavy atom. The molecule has 0 amide bonds. The predicted molar refractivity (Wildman–Crippen MR) is 62.0 cm³/mol. The number of nitrogens with two attached hydrogens (primary N) is 1. The summed E-state index contributed by atoms with van der Waals surface area (Å²) in [6.07, 6.45) is 8.45. The SMILES string of the molecule is CCC(N)c1nnc(C2CCCCCC2)o1. The molecular formula is C12H21N3O. The third-order valence-corrected chi connectivity index (χ3v) is 3.42. The summed E-state index contributed by atoms with van der Waals surface area (Å²) in [5.41, 5.74) is 5.87. The van der Waals surface area contributed by atoms with Crippen molar-refractivity contribution in [1.29, 1.82) is 0 Å². The lowest BCUT2D eigenvalue weighted by atomic mass is 10.0. The molecule has 0 aliphatic heterocycles. The molecule has 16 heavy (non-hydrogen) atoms. The molecule has 1 atom stereocenters. The van der Waals surface area contributed by atoms with Gasteiger partial charge in [0.15, 0.2) is 0 Å². The zero-order chi connectivity index (χ0) is 11.4. The number of hydrogen-bond donors (Lipinski definition) is 1. The molecule has 2 rings (SSSR count). The summed E-state index contributed by atoms with van der Waals surface area (Å²) < 4.78 is 5.68. The Kier molecular flexibility index (Phi) is 3.93. The van der Waals surface area contributed by atoms with Crippen molar-refractivity contribution in [3.8, 4) is 0 Å². The largest absolute Gasteiger partial charge is 0.423 e. The first kappa shape index (κ1) is 11.6. The van der Waals surface area contributed by atoms with Gasteiger partial charge in [0.25, 0.3) is 0 Å². The quantitative estimate of drug-likeness (QED) is 0.800. The first-order valence-electron chi connectivity index (χ1n) is 6.40. The molecule has 1 unspecified atom stereocenters. The van der Waals surface area contributed by atoms with E-state index < -0.39 is 0 Å². The van der Waals surface area contributed by atoms with Gasteiger partial charge in [-0.25, -0.2) is 0 Å². The van der Waals surface area contributed by atoms with Crippen LogP contribution in [0.4, 0.5) is 0 Å². The molecular weight excluding hydrogens is 202 g/mol. The standard InChI is InChI=1S/C12H21N3O/c1-2-10(13)12-15-14-11(16-12)9-7-5-3-4-6-8-9/h9-10H,2-8,13H2,1H3. The number of nitrogens with zero attached hydrogens (tertiary/aromatic N) is 2. The van der Waals surface area contributed by atoms with Crippen molar-refractivity contribution in [2.45, 2.75) is 63.8 Å². The molecule has 1 aliphatic rings. The van der Waals surface area contributed by atoms with Gasteiger partial charge in [-0.1, -0.05) is 32.6 Å². The Morgan fingerprint density at radius 1 is 1.25 bits per heavy atom. The van der Waals surface area contributed by atoms with Crippen LogP contribution in [0.2, 0.25) is 0 Å². The molecule has 1 aliphatic carbocycles. The third kappa shape index (κ3) is 2.61. The fourth-order valence-electron chi connectivity index (χ4n) is 2.26. The highest BCUT2D eigenvalue weighted by atomic mass is 16.4. The first-order valence-corrected chi connectivity index (χ1v) is 6.40. The molecule has 0 saturated heterocycles. The van der Waals surface area contributed by atoms with Crippen LogP contribution in [-0.4, -0.2) is 10.2 Å². The Bertz CT molecular complexity index is 316. The van der Waals surface area contributed by atoms with Crippen LogP contribution in [0.5, 0.6) is 0 Å². The van der Waals surface area contributed by atoms with E-state index in [2.05, 4.69) is 10.2 Å². The molecule has 90 valence electrons. The van der Waals surface area contributed by atoms with E-state index in [1.54, 1.807) is 0 Å². The summed E-state index contributed by atoms with van der Waals surface area (Å²) >= 11 is 0. The van der Waals surface area contributed by atoms with Gasteiger partial charge in [-0.2, -0.15) is 0 Å². The first-order chi connectivity index (χ1) is 7.81. The van der Waals surface area contributed by atoms with Crippen LogP contribution in [0, 0.1) is 0 Å². The molecule has 1 saturated carbocycles. The Balaban J connectivity index is 2.05. The second-order valence-corrected chi connectivity index (χ2v) is 4.68. The molecule has 0 spiro atoms. The summed E-state index contributed by atoms with van der Waals surface area (Å²) in [5.74, 6) is 1.87. The molecule has 1 aromatic rings. The summed E-state index contributed by atoms with van der Waals surface area (Å²) in [5, 5.41) is 8.20. The highest BCUT2D eigenvalue weighted by molar-refractivity contribution is 4.94. The van der Waals surface area contributed by atoms with Gasteiger partial charge in [-0.3, -0.25) is 0 Å². The fourth-order valence-corrected chi connectivity index (χ4v) is 2.26. The molecule has 0 radical (unpaired) electrons. The topological polar surface area (TPSA) is 64.9 Å². The van der Waals surface area contributed by atoms with Gasteiger partial charge in [0.1, 0.15) is 0 Å². The van der Waals surface area contributed by atoms with Crippen LogP contribution in [0.3, 0.4) is 0 Å². The Hall–Kier alpha value is -0.900. The second kappa shape index (κ2) is 5.43. The van der Waals surface area contributed by atoms with E-state index in [4.69, 9.17) is 10.2 Å². The normalized spacial score (nSPS) is 20.6. The monoisotopic (exact) mass is 223 g/mol. The van der Waals surface area contributed by atoms with E-state index in [1.807, 2.05) is 6.92 Å². The summed E-state index contributed by atoms with van der Waals surface area (Å²) in [6.45, 7) is 2.03. The molecule has 0 aromatic carbocycles. The van der Waals surface area contributed by atoms with Gasteiger partial charge in [0, 0.05) is 5.92 Å². The van der Waals surface area contributed by atoms with Crippen LogP contribution in [-0.2, 0) is 0 Å². The van der Waals surface area contributed by atoms with Crippen molar-refractivity contribution in [3.05, 3.63) is 11.8 Å². The van der Waals surface area contributed by atoms with E-state index in [9.17, 15) is 0 Å². The maximum absolute atomic E-state index is 5.87. The van der Waals surface area contributed by atoms with Crippen LogP contribution in [0.1, 0.15) is 75.6 Å². The third-order valence-electron chi connectivity index (χ3n) is 3.42. The van der Waals surface area contributed by atoms with Gasteiger partial charge in [0.2, 0.25) is 11.8 Å². The van der Waals surface area contributed by atoms with Crippen molar-refractivity contribution in [1.82, 2.24) is 10.2 Å². The summed E-state index contributed by atoms with van der Waals surface area (Å²) in [7, 11) is 0. The molecule has 4 nitrogen and oxygen atoms in total. The molecule has 1 aromatic heterocycles. The van der Waals surface area contributed by atoms with Gasteiger partial charge >= 0.3 is 0 Å². The van der Waals surface area contributed by atoms with E-state index >= 15 is 0 Å². The smallest absolute Gasteiger partial charge is 0.233 e. The lowest BCUT2D eigenvalue weighted by Crippen LogP contribution is -2.08. The molecule has 4 heteroatoms. The number of aromatic nitrogens is 2. The maximum Gasteiger partial charge on any atom is 0.233 e. The lowest BCUT2D eigenvalue weighted by Gasteiger charge is -2.08. The van der Waals surface area contributed by atoms with Gasteiger partial charge < -0.3 is 10.2 Å². The molecule has 1 heterocycles. The van der Waals surface area contributed by atoms with Crippen LogP contribution in [0.25, 0.3) is 0 Å². The lowest BCUT2D eigenvalue weighted by molar-refractivity contribution is 0.374. The van der Waals surface area contributed by atoms with E-state index in [0.29, 0.717) is 11.8 Å². The molecule has 2 N–H and O–H groups in total. The van der Waals surface area contributed by atoms with Crippen LogP contribution >= 0.6 is 0 Å². The van der Waals surface area contributed by atoms with Gasteiger partial charge in [-0.15, -0.1) is 10.2 Å². The average molecular weight is 223 g/mol. The van der Waals surface area contributed by atoms with E-state index in [-0.39, 0.29) is 6.04 Å². The summed E-state index contributed by atoms with van der Waals surface area (Å²) in [4.78, 5) is 0. The van der Waals surface area contributed by atoms with Crippen molar-refractivity contribution in [3.63, 3.8) is 0 Å². The highest BCUT2D eigenvalue weighted by Gasteiger charge is 2.21. The molecule has 0 bridgehead atoms. The number of hydrogen-bond acceptors (Lipinski definition) is 4. The van der Waals surface area contributed by atoms with E-state index in [1.165, 1.54) is 38.5 Å². The van der Waals surface area contributed by atoms with Crippen LogP contribution in [0.15, 0.2) is 4.42 Å². The highest BCUT2D eigenvalue weighted by Crippen LogP contribution is 2.31. The van der Waals surface area contributed by atoms with Gasteiger partial charge in [0.05, 0.1) is 6.04 Å². The van der Waals surface area contributed by atoms with Crippen molar-refractivity contribution >= 4 is 0 Å². The fraction of sp³-hybridized carbons (Fsp3) is 0.833. The molecule has 1 fully saturated rings. The maximum atomic E-state index is 5.87. The van der Waals surface area contributed by atoms with Gasteiger partial charge in [-0.05, 0) is 19.3 Å². The van der Waals surface area contributed by atoms with Crippen molar-refractivity contribution < 1.29 is 4.42 Å². The van der Waals surface area contributed by atoms with Crippen molar-refractivity contribution in [2.75, 3.05) is 0 Å². The average Bonchev–Trinajstić information content (AvgIpc) is 2.64. The minimum Gasteiger partial charge on any atom is -0.423 e. The second-order valence-electron chi connectivity index (χ2n) is 4.68. The number of rotatable bonds is 3. The Labute approximate surface area is 96.6 Å². The van der Waals surface area contributed by atoms with E-state index in [0.717, 1.165) is 12.3 Å². The Morgan fingerprint density at radius 3 is 2.56 bits per heavy atom. The summed E-state index contributed by atoms with van der Waals surface area (Å²) in [6, 6.07) is -0.105. The zero-order valence-electron chi connectivity index (χ0n) is 9.98. The van der Waals surface area contributed by atoms with Crippen LogP contribution < -0.4 is 5.73 Å². The minimum atomic E-state index is -0.105. The minimum absolute atomic E-state index is 0.105. The zero-order valence-corrected chi connectivity index (χ0v) is 9.98. The predicted octanol–water partition coefficient (Wildman–Crippen LogP) is 2.92. The van der Waals surface area contributed by atoms with Crippen molar-refractivity contribution in [2.24, 2.45) is 5.73 Å².